The number of hydrogen-bond donors (Lipinski definition) is 0. The fraction of sp³-hybridized carbons (Fsp3) is 0.526. The Bertz CT molecular complexity index is 694. The zero-order valence-corrected chi connectivity index (χ0v) is 15.9. The van der Waals surface area contributed by atoms with E-state index in [9.17, 15) is 14.9 Å². The number of carbonyl (C=O) groups is 1. The van der Waals surface area contributed by atoms with Gasteiger partial charge in [0.25, 0.3) is 5.69 Å². The maximum Gasteiger partial charge on any atom is 0.410 e. The lowest BCUT2D eigenvalue weighted by Crippen LogP contribution is -2.40. The molecule has 0 saturated carbocycles. The number of benzene rings is 1. The Morgan fingerprint density at radius 2 is 2.12 bits per heavy atom. The second-order valence-electron chi connectivity index (χ2n) is 7.49. The predicted octanol–water partition coefficient (Wildman–Crippen LogP) is 3.55. The Kier molecular flexibility index (Phi) is 6.37. The summed E-state index contributed by atoms with van der Waals surface area (Å²) in [6.45, 7) is 8.52. The van der Waals surface area contributed by atoms with Gasteiger partial charge in [-0.3, -0.25) is 15.0 Å². The number of nitro benzene ring substituents is 1. The van der Waals surface area contributed by atoms with Crippen molar-refractivity contribution in [2.24, 2.45) is 0 Å². The molecule has 142 valence electrons. The van der Waals surface area contributed by atoms with Gasteiger partial charge in [-0.05, 0) is 38.3 Å². The Balaban J connectivity index is 1.87. The van der Waals surface area contributed by atoms with Crippen LogP contribution < -0.4 is 0 Å². The lowest BCUT2D eigenvalue weighted by molar-refractivity contribution is -0.384. The van der Waals surface area contributed by atoms with E-state index in [0.29, 0.717) is 6.54 Å². The minimum atomic E-state index is -0.494. The third-order valence-electron chi connectivity index (χ3n) is 4.18. The molecule has 2 rings (SSSR count). The molecule has 0 spiro atoms. The first-order valence-electron chi connectivity index (χ1n) is 8.76. The average molecular weight is 361 g/mol. The lowest BCUT2D eigenvalue weighted by Gasteiger charge is -2.29. The molecule has 26 heavy (non-hydrogen) atoms. The highest BCUT2D eigenvalue weighted by Crippen LogP contribution is 2.25. The van der Waals surface area contributed by atoms with Crippen LogP contribution in [0.2, 0.25) is 0 Å². The maximum absolute atomic E-state index is 12.0. The van der Waals surface area contributed by atoms with Crippen molar-refractivity contribution in [2.45, 2.75) is 32.8 Å². The van der Waals surface area contributed by atoms with Gasteiger partial charge < -0.3 is 9.64 Å². The topological polar surface area (TPSA) is 75.9 Å². The molecule has 0 atom stereocenters. The first-order chi connectivity index (χ1) is 12.2. The number of likely N-dealkylation sites (N-methyl/N-ethyl adjacent to an activating group) is 1. The van der Waals surface area contributed by atoms with Gasteiger partial charge in [0.05, 0.1) is 4.92 Å². The molecular weight excluding hydrogens is 334 g/mol. The summed E-state index contributed by atoms with van der Waals surface area (Å²) in [6, 6.07) is 6.75. The van der Waals surface area contributed by atoms with E-state index in [1.165, 1.54) is 6.07 Å². The quantitative estimate of drug-likeness (QED) is 0.592. The minimum Gasteiger partial charge on any atom is -0.444 e. The zero-order valence-electron chi connectivity index (χ0n) is 15.9. The summed E-state index contributed by atoms with van der Waals surface area (Å²) in [5, 5.41) is 10.9. The van der Waals surface area contributed by atoms with Crippen LogP contribution in [0.15, 0.2) is 30.3 Å². The van der Waals surface area contributed by atoms with Crippen molar-refractivity contribution < 1.29 is 14.5 Å². The van der Waals surface area contributed by atoms with Gasteiger partial charge in [0.1, 0.15) is 5.60 Å². The lowest BCUT2D eigenvalue weighted by atomic mass is 9.99. The van der Waals surface area contributed by atoms with E-state index in [1.54, 1.807) is 24.1 Å². The minimum absolute atomic E-state index is 0.116. The first kappa shape index (κ1) is 19.9. The van der Waals surface area contributed by atoms with Crippen molar-refractivity contribution in [1.29, 1.82) is 0 Å². The third kappa shape index (κ3) is 5.84. The zero-order chi connectivity index (χ0) is 19.3. The standard InChI is InChI=1S/C19H27N3O4/c1-19(2,3)26-18(23)20(4)12-13-21-10-8-15(9-11-21)16-6-5-7-17(14-16)22(24)25/h5-8,14H,9-13H2,1-4H3. The summed E-state index contributed by atoms with van der Waals surface area (Å²) in [5.41, 5.74) is 1.66. The second-order valence-corrected chi connectivity index (χ2v) is 7.49. The van der Waals surface area contributed by atoms with E-state index in [1.807, 2.05) is 26.8 Å². The molecule has 1 aromatic rings. The van der Waals surface area contributed by atoms with Gasteiger partial charge in [0.2, 0.25) is 0 Å². The van der Waals surface area contributed by atoms with Crippen molar-refractivity contribution in [3.63, 3.8) is 0 Å². The van der Waals surface area contributed by atoms with Crippen LogP contribution in [-0.2, 0) is 4.74 Å². The monoisotopic (exact) mass is 361 g/mol. The summed E-state index contributed by atoms with van der Waals surface area (Å²) in [6.07, 6.45) is 2.62. The van der Waals surface area contributed by atoms with Gasteiger partial charge in [-0.1, -0.05) is 18.2 Å². The Morgan fingerprint density at radius 1 is 1.38 bits per heavy atom. The van der Waals surface area contributed by atoms with E-state index in [2.05, 4.69) is 11.0 Å². The number of non-ortho nitro benzene ring substituents is 1. The number of nitrogens with zero attached hydrogens (tertiary/aromatic N) is 3. The number of nitro groups is 1. The van der Waals surface area contributed by atoms with Gasteiger partial charge in [0.15, 0.2) is 0 Å². The summed E-state index contributed by atoms with van der Waals surface area (Å²) >= 11 is 0. The van der Waals surface area contributed by atoms with Gasteiger partial charge in [-0.15, -0.1) is 0 Å². The molecule has 0 N–H and O–H groups in total. The molecule has 1 aliphatic heterocycles. The highest BCUT2D eigenvalue weighted by molar-refractivity contribution is 5.68. The van der Waals surface area contributed by atoms with Crippen LogP contribution in [-0.4, -0.2) is 59.6 Å². The van der Waals surface area contributed by atoms with Gasteiger partial charge >= 0.3 is 6.09 Å². The number of carbonyl (C=O) groups excluding carboxylic acids is 1. The molecule has 7 heteroatoms. The summed E-state index contributed by atoms with van der Waals surface area (Å²) in [5.74, 6) is 0. The molecule has 0 aliphatic carbocycles. The Labute approximate surface area is 154 Å². The first-order valence-corrected chi connectivity index (χ1v) is 8.76. The van der Waals surface area contributed by atoms with Crippen LogP contribution in [0, 0.1) is 10.1 Å². The largest absolute Gasteiger partial charge is 0.444 e. The van der Waals surface area contributed by atoms with Crippen LogP contribution in [0.1, 0.15) is 32.8 Å². The van der Waals surface area contributed by atoms with Gasteiger partial charge in [-0.2, -0.15) is 0 Å². The molecule has 0 bridgehead atoms. The van der Waals surface area contributed by atoms with E-state index >= 15 is 0 Å². The smallest absolute Gasteiger partial charge is 0.410 e. The van der Waals surface area contributed by atoms with E-state index in [-0.39, 0.29) is 16.7 Å². The molecule has 7 nitrogen and oxygen atoms in total. The molecule has 1 heterocycles. The Morgan fingerprint density at radius 3 is 2.69 bits per heavy atom. The molecule has 0 saturated heterocycles. The fourth-order valence-corrected chi connectivity index (χ4v) is 2.72. The van der Waals surface area contributed by atoms with E-state index in [4.69, 9.17) is 4.74 Å². The van der Waals surface area contributed by atoms with Crippen LogP contribution in [0.3, 0.4) is 0 Å². The van der Waals surface area contributed by atoms with Gasteiger partial charge in [-0.25, -0.2) is 4.79 Å². The highest BCUT2D eigenvalue weighted by Gasteiger charge is 2.20. The molecule has 1 amide bonds. The molecule has 0 unspecified atom stereocenters. The van der Waals surface area contributed by atoms with Crippen LogP contribution in [0.5, 0.6) is 0 Å². The molecule has 0 radical (unpaired) electrons. The van der Waals surface area contributed by atoms with Crippen molar-refractivity contribution in [2.75, 3.05) is 33.2 Å². The highest BCUT2D eigenvalue weighted by atomic mass is 16.6. The van der Waals surface area contributed by atoms with Crippen molar-refractivity contribution in [1.82, 2.24) is 9.80 Å². The normalized spacial score (nSPS) is 15.3. The molecule has 0 fully saturated rings. The van der Waals surface area contributed by atoms with Crippen molar-refractivity contribution in [3.05, 3.63) is 46.0 Å². The molecule has 1 aliphatic rings. The van der Waals surface area contributed by atoms with Crippen LogP contribution in [0.25, 0.3) is 5.57 Å². The molecule has 0 aromatic heterocycles. The second kappa shape index (κ2) is 8.31. The average Bonchev–Trinajstić information content (AvgIpc) is 2.58. The van der Waals surface area contributed by atoms with Crippen LogP contribution >= 0.6 is 0 Å². The third-order valence-corrected chi connectivity index (χ3v) is 4.18. The maximum atomic E-state index is 12.0. The van der Waals surface area contributed by atoms with E-state index in [0.717, 1.165) is 37.2 Å². The fourth-order valence-electron chi connectivity index (χ4n) is 2.72. The Hall–Kier alpha value is -2.41. The SMILES string of the molecule is CN(CCN1CC=C(c2cccc([N+](=O)[O-])c2)CC1)C(=O)OC(C)(C)C. The molecule has 1 aromatic carbocycles. The number of rotatable bonds is 5. The summed E-state index contributed by atoms with van der Waals surface area (Å²) in [4.78, 5) is 26.4. The summed E-state index contributed by atoms with van der Waals surface area (Å²) < 4.78 is 5.35. The van der Waals surface area contributed by atoms with Gasteiger partial charge in [0, 0.05) is 45.4 Å². The predicted molar refractivity (Wildman–Crippen MR) is 101 cm³/mol. The summed E-state index contributed by atoms with van der Waals surface area (Å²) in [7, 11) is 1.74. The van der Waals surface area contributed by atoms with Crippen LogP contribution in [0.4, 0.5) is 10.5 Å². The number of amides is 1. The molecular formula is C19H27N3O4. The van der Waals surface area contributed by atoms with Crippen molar-refractivity contribution in [3.8, 4) is 0 Å². The van der Waals surface area contributed by atoms with Crippen molar-refractivity contribution >= 4 is 17.4 Å². The number of hydrogen-bond acceptors (Lipinski definition) is 5. The number of ether oxygens (including phenoxy) is 1. The van der Waals surface area contributed by atoms with E-state index < -0.39 is 5.60 Å².